The number of ether oxygens (including phenoxy) is 1. The monoisotopic (exact) mass is 390 g/mol. The van der Waals surface area contributed by atoms with Crippen molar-refractivity contribution in [2.75, 3.05) is 19.6 Å². The van der Waals surface area contributed by atoms with Gasteiger partial charge in [0.05, 0.1) is 0 Å². The van der Waals surface area contributed by atoms with Crippen LogP contribution in [0.25, 0.3) is 0 Å². The van der Waals surface area contributed by atoms with E-state index in [4.69, 9.17) is 4.74 Å². The van der Waals surface area contributed by atoms with Gasteiger partial charge in [-0.15, -0.1) is 12.4 Å². The van der Waals surface area contributed by atoms with Crippen molar-refractivity contribution in [2.24, 2.45) is 11.8 Å². The van der Waals surface area contributed by atoms with E-state index in [9.17, 15) is 9.18 Å². The molecule has 0 spiro atoms. The van der Waals surface area contributed by atoms with Crippen LogP contribution >= 0.6 is 12.4 Å². The van der Waals surface area contributed by atoms with Crippen molar-refractivity contribution in [1.29, 1.82) is 0 Å². The molecule has 0 aromatic heterocycles. The van der Waals surface area contributed by atoms with Crippen molar-refractivity contribution < 1.29 is 13.9 Å². The Labute approximate surface area is 164 Å². The number of alkyl carbamates (subject to hydrolysis) is 1. The van der Waals surface area contributed by atoms with Crippen LogP contribution in [0.15, 0.2) is 54.6 Å². The van der Waals surface area contributed by atoms with Crippen LogP contribution in [0.1, 0.15) is 17.5 Å². The first-order valence-corrected chi connectivity index (χ1v) is 9.11. The van der Waals surface area contributed by atoms with E-state index >= 15 is 0 Å². The highest BCUT2D eigenvalue weighted by molar-refractivity contribution is 5.85. The number of rotatable bonds is 5. The summed E-state index contributed by atoms with van der Waals surface area (Å²) in [5.41, 5.74) is 1.93. The lowest BCUT2D eigenvalue weighted by Gasteiger charge is -2.19. The summed E-state index contributed by atoms with van der Waals surface area (Å²) in [4.78, 5) is 12.2. The number of halogens is 2. The summed E-state index contributed by atoms with van der Waals surface area (Å²) < 4.78 is 18.7. The first-order chi connectivity index (χ1) is 12.7. The number of hydrogen-bond donors (Lipinski definition) is 2. The van der Waals surface area contributed by atoms with Gasteiger partial charge in [-0.3, -0.25) is 0 Å². The number of hydrogen-bond acceptors (Lipinski definition) is 3. The van der Waals surface area contributed by atoms with Crippen LogP contribution in [-0.4, -0.2) is 25.7 Å². The van der Waals surface area contributed by atoms with E-state index in [1.165, 1.54) is 12.1 Å². The zero-order valence-corrected chi connectivity index (χ0v) is 15.8. The molecule has 3 unspecified atom stereocenters. The van der Waals surface area contributed by atoms with E-state index in [1.54, 1.807) is 0 Å². The van der Waals surface area contributed by atoms with Crippen molar-refractivity contribution >= 4 is 18.5 Å². The van der Waals surface area contributed by atoms with Gasteiger partial charge in [0.15, 0.2) is 0 Å². The molecule has 2 fully saturated rings. The summed E-state index contributed by atoms with van der Waals surface area (Å²) in [5.74, 6) is 0.751. The molecule has 2 aliphatic rings. The van der Waals surface area contributed by atoms with Gasteiger partial charge in [-0.25, -0.2) is 9.18 Å². The highest BCUT2D eigenvalue weighted by Crippen LogP contribution is 2.62. The van der Waals surface area contributed by atoms with Crippen LogP contribution in [-0.2, 0) is 16.8 Å². The molecule has 2 aromatic rings. The zero-order valence-electron chi connectivity index (χ0n) is 15.0. The van der Waals surface area contributed by atoms with Gasteiger partial charge >= 0.3 is 6.09 Å². The van der Waals surface area contributed by atoms with Gasteiger partial charge in [-0.2, -0.15) is 0 Å². The van der Waals surface area contributed by atoms with Crippen molar-refractivity contribution in [3.05, 3.63) is 71.5 Å². The predicted molar refractivity (Wildman–Crippen MR) is 104 cm³/mol. The fourth-order valence-electron chi connectivity index (χ4n) is 4.45. The fraction of sp³-hybridized carbons (Fsp3) is 0.381. The molecule has 0 bridgehead atoms. The van der Waals surface area contributed by atoms with Gasteiger partial charge in [0.25, 0.3) is 0 Å². The molecule has 2 aromatic carbocycles. The molecule has 1 aliphatic heterocycles. The molecule has 144 valence electrons. The smallest absolute Gasteiger partial charge is 0.407 e. The number of piperidine rings is 1. The minimum absolute atomic E-state index is 0. The maximum Gasteiger partial charge on any atom is 0.407 e. The predicted octanol–water partition coefficient (Wildman–Crippen LogP) is 3.65. The molecule has 1 saturated carbocycles. The van der Waals surface area contributed by atoms with Crippen LogP contribution in [0.4, 0.5) is 9.18 Å². The number of carbonyl (C=O) groups is 1. The molecule has 1 aliphatic carbocycles. The lowest BCUT2D eigenvalue weighted by Crippen LogP contribution is -2.35. The lowest BCUT2D eigenvalue weighted by atomic mass is 9.91. The third kappa shape index (κ3) is 3.94. The van der Waals surface area contributed by atoms with Gasteiger partial charge in [0.2, 0.25) is 0 Å². The maximum atomic E-state index is 13.3. The van der Waals surface area contributed by atoms with Crippen LogP contribution in [0.3, 0.4) is 0 Å². The zero-order chi connectivity index (χ0) is 18.0. The van der Waals surface area contributed by atoms with E-state index in [-0.39, 0.29) is 30.2 Å². The summed E-state index contributed by atoms with van der Waals surface area (Å²) in [6, 6.07) is 16.3. The molecule has 1 saturated heterocycles. The fourth-order valence-corrected chi connectivity index (χ4v) is 4.45. The van der Waals surface area contributed by atoms with Crippen LogP contribution in [0.2, 0.25) is 0 Å². The number of amides is 1. The van der Waals surface area contributed by atoms with E-state index < -0.39 is 6.09 Å². The Kier molecular flexibility index (Phi) is 6.02. The number of benzene rings is 2. The third-order valence-electron chi connectivity index (χ3n) is 5.82. The molecule has 27 heavy (non-hydrogen) atoms. The van der Waals surface area contributed by atoms with Crippen LogP contribution in [0, 0.1) is 17.7 Å². The highest BCUT2D eigenvalue weighted by Gasteiger charge is 2.65. The van der Waals surface area contributed by atoms with Gasteiger partial charge < -0.3 is 15.4 Å². The van der Waals surface area contributed by atoms with E-state index in [2.05, 4.69) is 10.6 Å². The minimum Gasteiger partial charge on any atom is -0.445 e. The average Bonchev–Trinajstić information content (AvgIpc) is 3.35. The summed E-state index contributed by atoms with van der Waals surface area (Å²) in [6.07, 6.45) is 0.662. The first kappa shape index (κ1) is 19.6. The number of carbonyl (C=O) groups excluding carboxylic acids is 1. The van der Waals surface area contributed by atoms with Gasteiger partial charge in [0.1, 0.15) is 12.4 Å². The number of nitrogens with one attached hydrogen (secondary N) is 2. The molecule has 4 rings (SSSR count). The van der Waals surface area contributed by atoms with Crippen molar-refractivity contribution in [1.82, 2.24) is 10.6 Å². The second-order valence-corrected chi connectivity index (χ2v) is 7.17. The SMILES string of the molecule is Cl.O=C(NCC1(c2ccc(F)cc2)C2CCNCC21)OCc1ccccc1. The van der Waals surface area contributed by atoms with Crippen molar-refractivity contribution in [3.63, 3.8) is 0 Å². The Hall–Kier alpha value is -2.11. The summed E-state index contributed by atoms with van der Waals surface area (Å²) in [6.45, 7) is 2.69. The topological polar surface area (TPSA) is 50.4 Å². The molecule has 6 heteroatoms. The second-order valence-electron chi connectivity index (χ2n) is 7.17. The summed E-state index contributed by atoms with van der Waals surface area (Å²) in [5, 5.41) is 6.37. The van der Waals surface area contributed by atoms with Gasteiger partial charge in [0, 0.05) is 12.0 Å². The Morgan fingerprint density at radius 2 is 1.89 bits per heavy atom. The van der Waals surface area contributed by atoms with E-state index in [0.717, 1.165) is 30.6 Å². The van der Waals surface area contributed by atoms with E-state index in [1.807, 2.05) is 42.5 Å². The second kappa shape index (κ2) is 8.28. The molecule has 1 heterocycles. The standard InChI is InChI=1S/C21H23FN2O2.ClH/c22-17-8-6-16(7-9-17)21(18-10-11-23-12-19(18)21)14-24-20(25)26-13-15-4-2-1-3-5-15;/h1-9,18-19,23H,10-14H2,(H,24,25);1H. The molecule has 0 radical (unpaired) electrons. The average molecular weight is 391 g/mol. The first-order valence-electron chi connectivity index (χ1n) is 9.11. The van der Waals surface area contributed by atoms with Crippen molar-refractivity contribution in [2.45, 2.75) is 18.4 Å². The minimum atomic E-state index is -0.410. The highest BCUT2D eigenvalue weighted by atomic mass is 35.5. The lowest BCUT2D eigenvalue weighted by molar-refractivity contribution is 0.138. The van der Waals surface area contributed by atoms with E-state index in [0.29, 0.717) is 18.4 Å². The Morgan fingerprint density at radius 3 is 2.56 bits per heavy atom. The van der Waals surface area contributed by atoms with Gasteiger partial charge in [-0.05, 0) is 54.6 Å². The molecule has 1 amide bonds. The third-order valence-corrected chi connectivity index (χ3v) is 5.82. The quantitative estimate of drug-likeness (QED) is 0.819. The molecular formula is C21H24ClFN2O2. The Morgan fingerprint density at radius 1 is 1.15 bits per heavy atom. The molecular weight excluding hydrogens is 367 g/mol. The van der Waals surface area contributed by atoms with Crippen LogP contribution < -0.4 is 10.6 Å². The van der Waals surface area contributed by atoms with Crippen LogP contribution in [0.5, 0.6) is 0 Å². The Bertz CT molecular complexity index is 758. The van der Waals surface area contributed by atoms with Crippen molar-refractivity contribution in [3.8, 4) is 0 Å². The van der Waals surface area contributed by atoms with Gasteiger partial charge in [-0.1, -0.05) is 42.5 Å². The Balaban J connectivity index is 0.00000210. The summed E-state index contributed by atoms with van der Waals surface area (Å²) >= 11 is 0. The molecule has 3 atom stereocenters. The maximum absolute atomic E-state index is 13.3. The molecule has 4 nitrogen and oxygen atoms in total. The molecule has 2 N–H and O–H groups in total. The largest absolute Gasteiger partial charge is 0.445 e. The number of fused-ring (bicyclic) bond motifs is 1. The normalized spacial score (nSPS) is 25.7. The summed E-state index contributed by atoms with van der Waals surface area (Å²) in [7, 11) is 0.